The van der Waals surface area contributed by atoms with Crippen molar-refractivity contribution >= 4 is 41.9 Å². The van der Waals surface area contributed by atoms with Crippen LogP contribution in [-0.2, 0) is 0 Å². The van der Waals surface area contributed by atoms with Crippen LogP contribution in [0.25, 0.3) is 0 Å². The van der Waals surface area contributed by atoms with E-state index in [2.05, 4.69) is 0 Å². The second kappa shape index (κ2) is 10.2. The van der Waals surface area contributed by atoms with Gasteiger partial charge in [0.2, 0.25) is 0 Å². The quantitative estimate of drug-likeness (QED) is 0.515. The van der Waals surface area contributed by atoms with Crippen LogP contribution in [-0.4, -0.2) is 11.7 Å². The number of hydrogen-bond acceptors (Lipinski definition) is 4. The van der Waals surface area contributed by atoms with Gasteiger partial charge in [0.1, 0.15) is 0 Å². The van der Waals surface area contributed by atoms with E-state index in [4.69, 9.17) is 22.3 Å². The predicted molar refractivity (Wildman–Crippen MR) is 66.9 cm³/mol. The van der Waals surface area contributed by atoms with Gasteiger partial charge in [-0.3, -0.25) is 0 Å². The Kier molecular flexibility index (Phi) is 13.8. The molecule has 0 aromatic heterocycles. The Morgan fingerprint density at radius 1 is 1.07 bits per heavy atom. The van der Waals surface area contributed by atoms with Gasteiger partial charge in [-0.1, -0.05) is 0 Å². The summed E-state index contributed by atoms with van der Waals surface area (Å²) >= 11 is 0. The second-order valence-corrected chi connectivity index (χ2v) is 2.20. The molecule has 0 bridgehead atoms. The Labute approximate surface area is 96.3 Å². The van der Waals surface area contributed by atoms with Crippen LogP contribution in [0.3, 0.4) is 0 Å². The molecule has 0 aliphatic heterocycles. The van der Waals surface area contributed by atoms with Gasteiger partial charge in [0.05, 0.1) is 11.4 Å². The Balaban J connectivity index is -0.000000218. The molecule has 0 spiro atoms. The number of nitrogens with two attached hydrogens (primary N) is 3. The lowest BCUT2D eigenvalue weighted by Gasteiger charge is -1.98. The average molecular weight is 242 g/mol. The number of aliphatic hydroxyl groups excluding tert-OH is 1. The molecule has 0 fully saturated rings. The Morgan fingerprint density at radius 3 is 1.79 bits per heavy atom. The minimum atomic E-state index is 0. The van der Waals surface area contributed by atoms with Gasteiger partial charge in [0.15, 0.2) is 0 Å². The maximum absolute atomic E-state index is 7.57. The van der Waals surface area contributed by atoms with Gasteiger partial charge < -0.3 is 22.3 Å². The number of hydrogen-bond donors (Lipinski definition) is 4. The van der Waals surface area contributed by atoms with E-state index < -0.39 is 0 Å². The highest BCUT2D eigenvalue weighted by molar-refractivity contribution is 5.85. The largest absolute Gasteiger partial charge is 0.399 e. The number of halogens is 2. The standard InChI is InChI=1S/C6H9N3.C2H6O.2ClH/c7-4-1-2-5(8)6(9)3-4;1-2-3;;/h1-3H,7-9H2;3H,2H2,1H3;2*1H. The van der Waals surface area contributed by atoms with Crippen molar-refractivity contribution in [2.45, 2.75) is 6.92 Å². The zero-order chi connectivity index (χ0) is 9.56. The molecule has 0 atom stereocenters. The summed E-state index contributed by atoms with van der Waals surface area (Å²) in [5.41, 5.74) is 18.0. The maximum Gasteiger partial charge on any atom is 0.0568 e. The molecule has 14 heavy (non-hydrogen) atoms. The first-order valence-corrected chi connectivity index (χ1v) is 3.63. The number of anilines is 3. The summed E-state index contributed by atoms with van der Waals surface area (Å²) in [6.45, 7) is 1.93. The summed E-state index contributed by atoms with van der Waals surface area (Å²) < 4.78 is 0. The summed E-state index contributed by atoms with van der Waals surface area (Å²) in [5.74, 6) is 0. The van der Waals surface area contributed by atoms with E-state index in [1.807, 2.05) is 0 Å². The van der Waals surface area contributed by atoms with E-state index in [0.29, 0.717) is 17.1 Å². The highest BCUT2D eigenvalue weighted by atomic mass is 35.5. The SMILES string of the molecule is CCO.Cl.Cl.Nc1ccc(N)c(N)c1. The normalized spacial score (nSPS) is 7.29. The monoisotopic (exact) mass is 241 g/mol. The fourth-order valence-corrected chi connectivity index (χ4v) is 0.593. The van der Waals surface area contributed by atoms with Crippen molar-refractivity contribution < 1.29 is 5.11 Å². The van der Waals surface area contributed by atoms with Crippen molar-refractivity contribution in [2.75, 3.05) is 23.8 Å². The maximum atomic E-state index is 7.57. The highest BCUT2D eigenvalue weighted by Crippen LogP contribution is 2.16. The molecule has 1 aromatic rings. The van der Waals surface area contributed by atoms with Crippen molar-refractivity contribution in [3.63, 3.8) is 0 Å². The first-order valence-electron chi connectivity index (χ1n) is 3.63. The first-order chi connectivity index (χ1) is 5.61. The van der Waals surface area contributed by atoms with Gasteiger partial charge in [-0.05, 0) is 25.1 Å². The van der Waals surface area contributed by atoms with Gasteiger partial charge in [0.25, 0.3) is 0 Å². The van der Waals surface area contributed by atoms with E-state index in [9.17, 15) is 0 Å². The molecule has 0 saturated carbocycles. The van der Waals surface area contributed by atoms with Crippen LogP contribution >= 0.6 is 24.8 Å². The molecule has 1 aromatic carbocycles. The van der Waals surface area contributed by atoms with Gasteiger partial charge in [-0.25, -0.2) is 0 Å². The van der Waals surface area contributed by atoms with Gasteiger partial charge in [-0.2, -0.15) is 0 Å². The topological polar surface area (TPSA) is 98.3 Å². The van der Waals surface area contributed by atoms with Crippen LogP contribution < -0.4 is 17.2 Å². The Bertz CT molecular complexity index is 246. The Morgan fingerprint density at radius 2 is 1.50 bits per heavy atom. The van der Waals surface area contributed by atoms with E-state index in [-0.39, 0.29) is 31.4 Å². The zero-order valence-corrected chi connectivity index (χ0v) is 9.57. The van der Waals surface area contributed by atoms with Gasteiger partial charge in [-0.15, -0.1) is 24.8 Å². The summed E-state index contributed by atoms with van der Waals surface area (Å²) in [4.78, 5) is 0. The predicted octanol–water partition coefficient (Wildman–Crippen LogP) is 1.28. The van der Waals surface area contributed by atoms with E-state index >= 15 is 0 Å². The summed E-state index contributed by atoms with van der Waals surface area (Å²) in [6, 6.07) is 5.03. The van der Waals surface area contributed by atoms with Gasteiger partial charge >= 0.3 is 0 Å². The molecule has 6 heteroatoms. The first kappa shape index (κ1) is 18.9. The summed E-state index contributed by atoms with van der Waals surface area (Å²) in [5, 5.41) is 7.57. The number of rotatable bonds is 0. The van der Waals surface area contributed by atoms with Gasteiger partial charge in [0, 0.05) is 12.3 Å². The fourth-order valence-electron chi connectivity index (χ4n) is 0.593. The number of benzene rings is 1. The van der Waals surface area contributed by atoms with Crippen LogP contribution in [0, 0.1) is 0 Å². The minimum absolute atomic E-state index is 0. The van der Waals surface area contributed by atoms with Crippen molar-refractivity contribution in [1.82, 2.24) is 0 Å². The molecule has 1 rings (SSSR count). The van der Waals surface area contributed by atoms with E-state index in [1.54, 1.807) is 25.1 Å². The third kappa shape index (κ3) is 7.79. The number of nitrogen functional groups attached to an aromatic ring is 3. The van der Waals surface area contributed by atoms with Crippen LogP contribution in [0.4, 0.5) is 17.1 Å². The lowest BCUT2D eigenvalue weighted by molar-refractivity contribution is 0.318. The van der Waals surface area contributed by atoms with Crippen molar-refractivity contribution in [1.29, 1.82) is 0 Å². The van der Waals surface area contributed by atoms with E-state index in [0.717, 1.165) is 0 Å². The van der Waals surface area contributed by atoms with Crippen LogP contribution in [0.15, 0.2) is 18.2 Å². The lowest BCUT2D eigenvalue weighted by atomic mass is 10.2. The molecule has 0 unspecified atom stereocenters. The molecule has 0 heterocycles. The highest BCUT2D eigenvalue weighted by Gasteiger charge is 1.90. The summed E-state index contributed by atoms with van der Waals surface area (Å²) in [7, 11) is 0. The van der Waals surface area contributed by atoms with Crippen LogP contribution in [0.1, 0.15) is 6.92 Å². The molecule has 0 saturated heterocycles. The minimum Gasteiger partial charge on any atom is -0.399 e. The lowest BCUT2D eigenvalue weighted by Crippen LogP contribution is -1.95. The molecule has 4 nitrogen and oxygen atoms in total. The second-order valence-electron chi connectivity index (χ2n) is 2.20. The average Bonchev–Trinajstić information content (AvgIpc) is 1.99. The molecule has 0 amide bonds. The van der Waals surface area contributed by atoms with Crippen LogP contribution in [0.2, 0.25) is 0 Å². The fraction of sp³-hybridized carbons (Fsp3) is 0.250. The van der Waals surface area contributed by atoms with Crippen molar-refractivity contribution in [3.8, 4) is 0 Å². The molecular weight excluding hydrogens is 225 g/mol. The third-order valence-corrected chi connectivity index (χ3v) is 1.11. The Hall–Kier alpha value is -0.840. The molecule has 0 aliphatic carbocycles. The van der Waals surface area contributed by atoms with E-state index in [1.165, 1.54) is 0 Å². The van der Waals surface area contributed by atoms with Crippen molar-refractivity contribution in [3.05, 3.63) is 18.2 Å². The van der Waals surface area contributed by atoms with Crippen molar-refractivity contribution in [2.24, 2.45) is 0 Å². The smallest absolute Gasteiger partial charge is 0.0568 e. The number of aliphatic hydroxyl groups is 1. The molecule has 84 valence electrons. The third-order valence-electron chi connectivity index (χ3n) is 1.11. The molecular formula is C8H17Cl2N3O. The summed E-state index contributed by atoms with van der Waals surface area (Å²) in [6.07, 6.45) is 0. The molecule has 7 N–H and O–H groups in total. The molecule has 0 radical (unpaired) electrons. The molecule has 0 aliphatic rings. The van der Waals surface area contributed by atoms with Crippen LogP contribution in [0.5, 0.6) is 0 Å². The zero-order valence-electron chi connectivity index (χ0n) is 7.93.